The number of hydrogen-bond donors (Lipinski definition) is 13. The van der Waals surface area contributed by atoms with Gasteiger partial charge in [-0.05, 0) is 79.1 Å². The van der Waals surface area contributed by atoms with E-state index in [1.807, 2.05) is 41.3 Å². The number of carbonyl (C=O) groups is 4. The van der Waals surface area contributed by atoms with Gasteiger partial charge in [-0.2, -0.15) is 0 Å². The molecule has 0 aromatic heterocycles. The molecule has 3 fully saturated rings. The summed E-state index contributed by atoms with van der Waals surface area (Å²) < 4.78 is 33.5. The number of aldehydes is 1. The summed E-state index contributed by atoms with van der Waals surface area (Å²) in [4.78, 5) is 57.5. The van der Waals surface area contributed by atoms with Crippen molar-refractivity contribution in [2.75, 3.05) is 51.1 Å². The van der Waals surface area contributed by atoms with E-state index in [1.165, 1.54) is 12.1 Å². The van der Waals surface area contributed by atoms with Crippen LogP contribution in [0.1, 0.15) is 93.5 Å². The second kappa shape index (κ2) is 23.6. The number of aliphatic hydroxyl groups is 6. The van der Waals surface area contributed by atoms with Crippen LogP contribution in [0, 0.1) is 17.8 Å². The summed E-state index contributed by atoms with van der Waals surface area (Å²) in [6.07, 6.45) is -6.69. The first-order valence-corrected chi connectivity index (χ1v) is 26.3. The molecular weight excluding hydrogens is 1010 g/mol. The Labute approximate surface area is 449 Å². The Morgan fingerprint density at radius 3 is 2.68 bits per heavy atom. The Morgan fingerprint density at radius 1 is 1.04 bits per heavy atom. The molecule has 3 aromatic carbocycles. The van der Waals surface area contributed by atoms with Gasteiger partial charge in [0.1, 0.15) is 55.5 Å². The number of hydrazine groups is 1. The van der Waals surface area contributed by atoms with E-state index >= 15 is 9.59 Å². The minimum absolute atomic E-state index is 0.0413. The van der Waals surface area contributed by atoms with Gasteiger partial charge in [0.15, 0.2) is 28.7 Å². The number of para-hydroxylation sites is 1. The number of anilines is 1. The van der Waals surface area contributed by atoms with Crippen molar-refractivity contribution in [3.8, 4) is 23.3 Å². The van der Waals surface area contributed by atoms with Crippen LogP contribution in [0.25, 0.3) is 0 Å². The highest BCUT2D eigenvalue weighted by Crippen LogP contribution is 2.52. The standard InChI is InChI=1S/C55H66N8O15/c1-28(66)22-59-62-41-20-29(12-16-57-41)14-18-75-49-50(71)55(73)15-4-5-32(67)10-9-31-24-74-26-40(55)77-53(49)78-47-38(42(31)35-6-2-3-7-39(35)63-27-58-44-51(63)60-54(56)61-52(44)72)21-37-43(48(47)76-25-33(68)13-17-64)46(70)36-19-30(23-65)8-11-34(36)45(37)69/h2-3,6-8,11-12,17,19-21,28,31-33,40,42,44,49-51,53-54,57-60,62,65-68,71,73H,5,9-10,13-14,16,18,22-27,56H2,1H3,(H,61,72)/t28-,31-,32-,33+,40-,42-,44+,49-,50-,51+,53+,54+,55-/m0/s1. The van der Waals surface area contributed by atoms with Gasteiger partial charge in [0.2, 0.25) is 12.2 Å². The van der Waals surface area contributed by atoms with Crippen LogP contribution in [0.2, 0.25) is 0 Å². The number of benzene rings is 3. The van der Waals surface area contributed by atoms with Crippen molar-refractivity contribution < 1.29 is 73.5 Å². The van der Waals surface area contributed by atoms with Gasteiger partial charge in [0.25, 0.3) is 0 Å². The Morgan fingerprint density at radius 2 is 1.87 bits per heavy atom. The van der Waals surface area contributed by atoms with Crippen molar-refractivity contribution in [2.45, 2.75) is 119 Å². The molecule has 1 aliphatic carbocycles. The number of nitrogens with zero attached hydrogens (tertiary/aromatic N) is 1. The number of hydrogen-bond acceptors (Lipinski definition) is 22. The minimum atomic E-state index is -2.38. The number of fused-ring (bicyclic) bond motifs is 8. The number of amides is 1. The molecule has 13 atom stereocenters. The van der Waals surface area contributed by atoms with Crippen LogP contribution in [0.3, 0.4) is 0 Å². The van der Waals surface area contributed by atoms with Gasteiger partial charge in [-0.15, -0.1) is 0 Å². The van der Waals surface area contributed by atoms with Crippen LogP contribution < -0.4 is 52.2 Å². The predicted octanol–water partition coefficient (Wildman–Crippen LogP) is -1.55. The number of ketones is 2. The third-order valence-electron chi connectivity index (χ3n) is 15.2. The fourth-order valence-corrected chi connectivity index (χ4v) is 11.2. The van der Waals surface area contributed by atoms with Crippen molar-refractivity contribution in [2.24, 2.45) is 11.7 Å². The van der Waals surface area contributed by atoms with Crippen LogP contribution in [0.5, 0.6) is 11.5 Å². The Balaban J connectivity index is 1.18. The molecule has 78 heavy (non-hydrogen) atoms. The molecule has 10 rings (SSSR count). The Hall–Kier alpha value is -6.34. The molecule has 23 heteroatoms. The lowest BCUT2D eigenvalue weighted by molar-refractivity contribution is -0.308. The van der Waals surface area contributed by atoms with E-state index in [1.54, 1.807) is 19.1 Å². The molecule has 3 bridgehead atoms. The van der Waals surface area contributed by atoms with Gasteiger partial charge >= 0.3 is 0 Å². The molecule has 6 aliphatic heterocycles. The number of dihydropyridines is 1. The second-order valence-electron chi connectivity index (χ2n) is 20.6. The van der Waals surface area contributed by atoms with Crippen molar-refractivity contribution in [1.29, 1.82) is 0 Å². The summed E-state index contributed by atoms with van der Waals surface area (Å²) in [5.74, 6) is 2.65. The highest BCUT2D eigenvalue weighted by Gasteiger charge is 2.57. The molecule has 0 unspecified atom stereocenters. The SMILES string of the molecule is C[C@H](O)CNNC1=CC(CCO[C@@H]2[C@H]3Oc4c(cc5c(c4OC[C@H](O)CC=O)C(=O)c4cc(CO)ccc4C5=O)[C@H](c4ccccc4N4CN[C@H]5C(=O)N[C@H](N)N[C@@H]54)[C@H]4CC[C@@H](O)CC#C[C@](O)([C@H](COC4)O3)[C@H]2O)=CCN1. The fourth-order valence-electron chi connectivity index (χ4n) is 11.2. The molecule has 3 aromatic rings. The predicted molar refractivity (Wildman–Crippen MR) is 277 cm³/mol. The first-order valence-electron chi connectivity index (χ1n) is 26.3. The quantitative estimate of drug-likeness (QED) is 0.0343. The largest absolute Gasteiger partial charge is 0.486 e. The summed E-state index contributed by atoms with van der Waals surface area (Å²) in [5, 5.41) is 80.4. The molecule has 1 amide bonds. The Kier molecular flexibility index (Phi) is 16.6. The monoisotopic (exact) mass is 1080 g/mol. The van der Waals surface area contributed by atoms with E-state index < -0.39 is 104 Å². The highest BCUT2D eigenvalue weighted by atomic mass is 16.7. The lowest BCUT2D eigenvalue weighted by Crippen LogP contribution is -2.70. The molecule has 416 valence electrons. The highest BCUT2D eigenvalue weighted by molar-refractivity contribution is 6.29. The van der Waals surface area contributed by atoms with Crippen LogP contribution in [-0.4, -0.2) is 168 Å². The lowest BCUT2D eigenvalue weighted by Gasteiger charge is -2.47. The van der Waals surface area contributed by atoms with E-state index in [-0.39, 0.29) is 110 Å². The maximum Gasteiger partial charge on any atom is 0.242 e. The zero-order valence-corrected chi connectivity index (χ0v) is 42.9. The van der Waals surface area contributed by atoms with Gasteiger partial charge in [-0.25, -0.2) is 5.43 Å². The molecule has 23 nitrogen and oxygen atoms in total. The van der Waals surface area contributed by atoms with Crippen molar-refractivity contribution in [3.63, 3.8) is 0 Å². The maximum atomic E-state index is 15.2. The number of aliphatic hydroxyl groups excluding tert-OH is 5. The molecule has 0 spiro atoms. The van der Waals surface area contributed by atoms with Gasteiger partial charge < -0.3 is 80.1 Å². The molecule has 0 radical (unpaired) electrons. The van der Waals surface area contributed by atoms with Crippen molar-refractivity contribution in [3.05, 3.63) is 111 Å². The van der Waals surface area contributed by atoms with Crippen molar-refractivity contribution >= 4 is 29.4 Å². The molecule has 6 heterocycles. The molecule has 3 saturated heterocycles. The number of carbonyl (C=O) groups excluding carboxylic acids is 4. The van der Waals surface area contributed by atoms with Crippen LogP contribution >= 0.6 is 0 Å². The summed E-state index contributed by atoms with van der Waals surface area (Å²) >= 11 is 0. The second-order valence-corrected chi connectivity index (χ2v) is 20.6. The van der Waals surface area contributed by atoms with Crippen molar-refractivity contribution in [1.82, 2.24) is 32.1 Å². The number of nitrogens with one attached hydrogen (secondary N) is 6. The molecule has 14 N–H and O–H groups in total. The van der Waals surface area contributed by atoms with Crippen LogP contribution in [0.4, 0.5) is 5.69 Å². The topological polar surface area (TPSA) is 337 Å². The van der Waals surface area contributed by atoms with Gasteiger partial charge in [0.05, 0.1) is 57.0 Å². The van der Waals surface area contributed by atoms with Crippen LogP contribution in [-0.2, 0) is 30.4 Å². The van der Waals surface area contributed by atoms with E-state index in [0.717, 1.165) is 5.57 Å². The zero-order valence-electron chi connectivity index (χ0n) is 42.9. The number of nitrogens with two attached hydrogens (primary N) is 1. The zero-order chi connectivity index (χ0) is 54.8. The van der Waals surface area contributed by atoms with E-state index in [9.17, 15) is 40.2 Å². The molecular formula is C55H66N8O15. The summed E-state index contributed by atoms with van der Waals surface area (Å²) in [6.45, 7) is 1.02. The number of rotatable bonds is 16. The minimum Gasteiger partial charge on any atom is -0.486 e. The maximum absolute atomic E-state index is 15.2. The molecule has 7 aliphatic rings. The number of ether oxygens (including phenoxy) is 5. The molecule has 0 saturated carbocycles. The third kappa shape index (κ3) is 11.0. The average Bonchev–Trinajstić information content (AvgIpc) is 3.90. The summed E-state index contributed by atoms with van der Waals surface area (Å²) in [5.41, 5.74) is 12.2. The smallest absolute Gasteiger partial charge is 0.242 e. The first kappa shape index (κ1) is 55.0. The fraction of sp³-hybridized carbons (Fsp3) is 0.491. The van der Waals surface area contributed by atoms with E-state index in [4.69, 9.17) is 29.4 Å². The Bertz CT molecular complexity index is 2910. The van der Waals surface area contributed by atoms with E-state index in [2.05, 4.69) is 44.0 Å². The van der Waals surface area contributed by atoms with E-state index in [0.29, 0.717) is 35.5 Å². The summed E-state index contributed by atoms with van der Waals surface area (Å²) in [6, 6.07) is 12.7. The first-order chi connectivity index (χ1) is 37.7. The van der Waals surface area contributed by atoms with Gasteiger partial charge in [0, 0.05) is 59.8 Å². The van der Waals surface area contributed by atoms with Gasteiger partial charge in [-0.1, -0.05) is 42.2 Å². The number of allylic oxidation sites excluding steroid dienone is 1. The third-order valence-corrected chi connectivity index (χ3v) is 15.2. The van der Waals surface area contributed by atoms with Crippen LogP contribution in [0.15, 0.2) is 72.1 Å². The lowest BCUT2D eigenvalue weighted by atomic mass is 9.74. The average molecular weight is 1080 g/mol. The van der Waals surface area contributed by atoms with Gasteiger partial charge in [-0.3, -0.25) is 30.8 Å². The summed E-state index contributed by atoms with van der Waals surface area (Å²) in [7, 11) is 0. The normalized spacial score (nSPS) is 30.2.